The van der Waals surface area contributed by atoms with Crippen molar-refractivity contribution in [3.05, 3.63) is 71.8 Å². The third-order valence-electron chi connectivity index (χ3n) is 9.71. The first-order valence-electron chi connectivity index (χ1n) is 19.1. The van der Waals surface area contributed by atoms with Gasteiger partial charge in [-0.1, -0.05) is 36.3 Å². The lowest BCUT2D eigenvalue weighted by molar-refractivity contribution is -0.122. The quantitative estimate of drug-likeness (QED) is 0.0482. The molecule has 13 nitrogen and oxygen atoms in total. The highest BCUT2D eigenvalue weighted by atomic mass is 32.2. The van der Waals surface area contributed by atoms with Crippen LogP contribution in [0.5, 0.6) is 0 Å². The highest BCUT2D eigenvalue weighted by Crippen LogP contribution is 2.34. The number of nitrogens with zero attached hydrogens (tertiary/aromatic N) is 2. The van der Waals surface area contributed by atoms with Crippen molar-refractivity contribution in [1.82, 2.24) is 31.2 Å². The van der Waals surface area contributed by atoms with Gasteiger partial charge < -0.3 is 31.9 Å². The number of hydrogen-bond donors (Lipinski definition) is 6. The topological polar surface area (TPSA) is 183 Å². The van der Waals surface area contributed by atoms with Crippen LogP contribution in [-0.4, -0.2) is 75.8 Å². The predicted molar refractivity (Wildman–Crippen MR) is 218 cm³/mol. The van der Waals surface area contributed by atoms with Crippen LogP contribution in [0.15, 0.2) is 54.7 Å². The van der Waals surface area contributed by atoms with Crippen LogP contribution in [0.4, 0.5) is 20.0 Å². The molecule has 0 saturated carbocycles. The zero-order valence-corrected chi connectivity index (χ0v) is 32.9. The summed E-state index contributed by atoms with van der Waals surface area (Å²) in [5.41, 5.74) is 3.62. The number of halogens is 1. The first kappa shape index (κ1) is 40.6. The maximum Gasteiger partial charge on any atom is 0.315 e. The van der Waals surface area contributed by atoms with E-state index >= 15 is 0 Å². The number of aromatic nitrogens is 2. The van der Waals surface area contributed by atoms with E-state index in [1.54, 1.807) is 6.20 Å². The molecule has 0 radical (unpaired) electrons. The van der Waals surface area contributed by atoms with Crippen molar-refractivity contribution in [3.8, 4) is 11.1 Å². The molecule has 2 aliphatic heterocycles. The van der Waals surface area contributed by atoms with Gasteiger partial charge in [0.2, 0.25) is 17.7 Å². The van der Waals surface area contributed by atoms with Gasteiger partial charge in [0, 0.05) is 61.2 Å². The summed E-state index contributed by atoms with van der Waals surface area (Å²) in [7, 11) is 0. The molecule has 0 unspecified atom stereocenters. The van der Waals surface area contributed by atoms with Crippen molar-refractivity contribution in [1.29, 1.82) is 0 Å². The molecule has 6 N–H and O–H groups in total. The summed E-state index contributed by atoms with van der Waals surface area (Å²) in [6.07, 6.45) is 8.78. The van der Waals surface area contributed by atoms with E-state index in [-0.39, 0.29) is 41.4 Å². The monoisotopic (exact) mass is 802 g/mol. The fourth-order valence-electron chi connectivity index (χ4n) is 6.84. The Balaban J connectivity index is 0.909. The van der Waals surface area contributed by atoms with Crippen LogP contribution in [0.3, 0.4) is 0 Å². The average Bonchev–Trinajstić information content (AvgIpc) is 3.86. The number of urea groups is 1. The van der Waals surface area contributed by atoms with Crippen molar-refractivity contribution < 1.29 is 28.4 Å². The van der Waals surface area contributed by atoms with Crippen molar-refractivity contribution >= 4 is 73.8 Å². The van der Waals surface area contributed by atoms with Crippen LogP contribution in [0, 0.1) is 5.82 Å². The summed E-state index contributed by atoms with van der Waals surface area (Å²) in [5.74, 6) is -0.244. The van der Waals surface area contributed by atoms with E-state index in [0.29, 0.717) is 60.5 Å². The van der Waals surface area contributed by atoms with E-state index in [9.17, 15) is 28.4 Å². The molecule has 296 valence electrons. The molecule has 16 heteroatoms. The van der Waals surface area contributed by atoms with E-state index < -0.39 is 11.7 Å². The number of carbonyl (C=O) groups is 5. The zero-order valence-electron chi connectivity index (χ0n) is 31.3. The van der Waals surface area contributed by atoms with Gasteiger partial charge in [0.05, 0.1) is 33.7 Å². The zero-order chi connectivity index (χ0) is 39.4. The summed E-state index contributed by atoms with van der Waals surface area (Å²) in [4.78, 5) is 70.1. The molecule has 0 aliphatic carbocycles. The molecule has 2 fully saturated rings. The Morgan fingerprint density at radius 3 is 2.45 bits per heavy atom. The van der Waals surface area contributed by atoms with Gasteiger partial charge in [0.15, 0.2) is 5.13 Å². The molecule has 4 aromatic rings. The number of amides is 6. The first-order chi connectivity index (χ1) is 27.1. The maximum atomic E-state index is 13.9. The third kappa shape index (κ3) is 11.5. The van der Waals surface area contributed by atoms with Crippen LogP contribution in [0.25, 0.3) is 21.3 Å². The van der Waals surface area contributed by atoms with Gasteiger partial charge in [-0.2, -0.15) is 11.8 Å². The highest BCUT2D eigenvalue weighted by molar-refractivity contribution is 8.00. The van der Waals surface area contributed by atoms with Gasteiger partial charge in [-0.3, -0.25) is 24.2 Å². The predicted octanol–water partition coefficient (Wildman–Crippen LogP) is 6.16. The van der Waals surface area contributed by atoms with Gasteiger partial charge in [-0.15, -0.1) is 0 Å². The maximum absolute atomic E-state index is 13.9. The summed E-state index contributed by atoms with van der Waals surface area (Å²) in [6, 6.07) is 13.3. The summed E-state index contributed by atoms with van der Waals surface area (Å²) in [6.45, 7) is 2.45. The third-order valence-corrected chi connectivity index (χ3v) is 12.1. The Morgan fingerprint density at radius 1 is 0.875 bits per heavy atom. The smallest absolute Gasteiger partial charge is 0.315 e. The van der Waals surface area contributed by atoms with Crippen molar-refractivity contribution in [2.75, 3.05) is 29.5 Å². The Kier molecular flexibility index (Phi) is 14.2. The lowest BCUT2D eigenvalue weighted by atomic mass is 10.0. The van der Waals surface area contributed by atoms with E-state index in [2.05, 4.69) is 41.9 Å². The summed E-state index contributed by atoms with van der Waals surface area (Å²) >= 11 is 3.24. The number of thiazole rings is 1. The second-order valence-electron chi connectivity index (χ2n) is 14.0. The van der Waals surface area contributed by atoms with Crippen LogP contribution in [0.2, 0.25) is 0 Å². The van der Waals surface area contributed by atoms with Gasteiger partial charge in [0.1, 0.15) is 5.82 Å². The molecular formula is C40H47FN8O5S2. The number of anilines is 2. The summed E-state index contributed by atoms with van der Waals surface area (Å²) in [5, 5.41) is 18.4. The fourth-order valence-corrected chi connectivity index (χ4v) is 9.34. The van der Waals surface area contributed by atoms with Crippen LogP contribution < -0.4 is 31.9 Å². The molecule has 3 atom stereocenters. The number of carbonyl (C=O) groups excluding carboxylic acids is 5. The second-order valence-corrected chi connectivity index (χ2v) is 16.4. The first-order valence-corrected chi connectivity index (χ1v) is 20.9. The van der Waals surface area contributed by atoms with E-state index in [1.165, 1.54) is 42.5 Å². The van der Waals surface area contributed by atoms with Crippen molar-refractivity contribution in [2.24, 2.45) is 0 Å². The second kappa shape index (κ2) is 19.7. The largest absolute Gasteiger partial charge is 0.356 e. The number of hydrogen-bond acceptors (Lipinski definition) is 9. The van der Waals surface area contributed by atoms with Crippen molar-refractivity contribution in [3.63, 3.8) is 0 Å². The number of fused-ring (bicyclic) bond motifs is 2. The highest BCUT2D eigenvalue weighted by Gasteiger charge is 2.42. The Bertz CT molecular complexity index is 2060. The van der Waals surface area contributed by atoms with Gasteiger partial charge >= 0.3 is 6.03 Å². The Morgan fingerprint density at radius 2 is 1.66 bits per heavy atom. The molecular weight excluding hydrogens is 756 g/mol. The van der Waals surface area contributed by atoms with Crippen LogP contribution in [0.1, 0.15) is 80.8 Å². The molecule has 56 heavy (non-hydrogen) atoms. The minimum atomic E-state index is -0.515. The number of unbranched alkanes of at least 4 members (excludes halogenated alkanes) is 3. The van der Waals surface area contributed by atoms with Crippen LogP contribution in [-0.2, 0) is 20.8 Å². The molecule has 6 rings (SSSR count). The molecule has 2 aromatic heterocycles. The van der Waals surface area contributed by atoms with Crippen LogP contribution >= 0.6 is 23.1 Å². The molecule has 6 amide bonds. The molecule has 2 saturated heterocycles. The van der Waals surface area contributed by atoms with Gasteiger partial charge in [-0.25, -0.2) is 14.2 Å². The standard InChI is InChI=1S/C40H47FN8O5S2/c1-24(50)45-40-48-30-16-15-25(21-34(30)56-40)27-20-31(46-38(53)26-9-7-10-28(41)19-26)29(44-22-27)11-8-18-43-35(51)13-3-2-6-17-42-36(52)14-5-4-12-33-37-32(23-55-33)47-39(54)49-37/h7,9-10,15-16,19-22,32-33,37H,2-6,8,11-14,17-18,23H2,1H3,(H,42,52)(H,43,51)(H,46,53)(H,45,48,50)(H2,47,49,54)/t32-,33-,37-/m1/s1. The fraction of sp³-hybridized carbons (Fsp3) is 0.425. The number of thioether (sulfide) groups is 1. The molecule has 2 aliphatic rings. The Labute approximate surface area is 333 Å². The molecule has 4 heterocycles. The number of aryl methyl sites for hydroxylation is 1. The van der Waals surface area contributed by atoms with Gasteiger partial charge in [-0.05, 0) is 80.5 Å². The lowest BCUT2D eigenvalue weighted by Gasteiger charge is -2.16. The number of benzene rings is 2. The number of pyridine rings is 1. The number of nitrogens with one attached hydrogen (secondary N) is 6. The minimum absolute atomic E-state index is 0.0446. The Hall–Kier alpha value is -5.09. The average molecular weight is 803 g/mol. The van der Waals surface area contributed by atoms with E-state index in [0.717, 1.165) is 65.6 Å². The molecule has 0 spiro atoms. The number of rotatable bonds is 19. The summed E-state index contributed by atoms with van der Waals surface area (Å²) < 4.78 is 14.8. The van der Waals surface area contributed by atoms with Gasteiger partial charge in [0.25, 0.3) is 5.91 Å². The SMILES string of the molecule is CC(=O)Nc1nc2ccc(-c3cnc(CCCNC(=O)CCCCCNC(=O)CCCC[C@H]4SC[C@H]5NC(=O)N[C@H]54)c(NC(=O)c4cccc(F)c4)c3)cc2s1. The normalized spacial score (nSPS) is 17.2. The van der Waals surface area contributed by atoms with E-state index in [4.69, 9.17) is 0 Å². The lowest BCUT2D eigenvalue weighted by Crippen LogP contribution is -2.36. The minimum Gasteiger partial charge on any atom is -0.356 e. The van der Waals surface area contributed by atoms with E-state index in [1.807, 2.05) is 36.0 Å². The molecule has 0 bridgehead atoms. The van der Waals surface area contributed by atoms with Crippen molar-refractivity contribution in [2.45, 2.75) is 88.5 Å². The molecule has 2 aromatic carbocycles.